The number of benzene rings is 2. The molecule has 0 fully saturated rings. The van der Waals surface area contributed by atoms with E-state index >= 15 is 0 Å². The van der Waals surface area contributed by atoms with E-state index in [1.807, 2.05) is 42.5 Å². The molecule has 0 atom stereocenters. The van der Waals surface area contributed by atoms with Crippen LogP contribution < -0.4 is 25.3 Å². The summed E-state index contributed by atoms with van der Waals surface area (Å²) in [5, 5.41) is 3.04. The Morgan fingerprint density at radius 1 is 1.11 bits per heavy atom. The Bertz CT molecular complexity index is 744. The van der Waals surface area contributed by atoms with Gasteiger partial charge in [-0.15, -0.1) is 24.0 Å². The average Bonchev–Trinajstić information content (AvgIpc) is 2.65. The molecule has 0 spiro atoms. The molecule has 0 heterocycles. The zero-order chi connectivity index (χ0) is 18.8. The first-order valence-corrected chi connectivity index (χ1v) is 9.04. The standard InChI is InChI=1S/C19H24BrN3O3.HI/c1-24-17-7-6-14(12-18(17)25-2)8-9-22-19(21)23-10-11-26-16-5-3-4-15(20)13-16;/h3-7,12-13H,8-11H2,1-2H3,(H3,21,22,23);1H. The van der Waals surface area contributed by atoms with Crippen LogP contribution in [0.1, 0.15) is 5.56 Å². The van der Waals surface area contributed by atoms with Gasteiger partial charge in [-0.1, -0.05) is 28.1 Å². The minimum Gasteiger partial charge on any atom is -0.493 e. The Balaban J connectivity index is 0.00000364. The lowest BCUT2D eigenvalue weighted by Crippen LogP contribution is -2.34. The van der Waals surface area contributed by atoms with Gasteiger partial charge in [0.1, 0.15) is 12.4 Å². The molecular formula is C19H25BrIN3O3. The smallest absolute Gasteiger partial charge is 0.188 e. The molecule has 0 saturated carbocycles. The Morgan fingerprint density at radius 2 is 1.89 bits per heavy atom. The van der Waals surface area contributed by atoms with E-state index in [2.05, 4.69) is 26.2 Å². The molecule has 0 aliphatic carbocycles. The van der Waals surface area contributed by atoms with Crippen LogP contribution in [0.2, 0.25) is 0 Å². The van der Waals surface area contributed by atoms with Gasteiger partial charge in [-0.25, -0.2) is 0 Å². The molecule has 27 heavy (non-hydrogen) atoms. The summed E-state index contributed by atoms with van der Waals surface area (Å²) in [4.78, 5) is 4.32. The van der Waals surface area contributed by atoms with Crippen LogP contribution >= 0.6 is 39.9 Å². The fourth-order valence-electron chi connectivity index (χ4n) is 2.30. The van der Waals surface area contributed by atoms with Gasteiger partial charge in [-0.05, 0) is 42.3 Å². The summed E-state index contributed by atoms with van der Waals surface area (Å²) in [5.74, 6) is 2.64. The number of hydrogen-bond donors (Lipinski definition) is 2. The number of hydrogen-bond acceptors (Lipinski definition) is 4. The summed E-state index contributed by atoms with van der Waals surface area (Å²) in [7, 11) is 3.24. The first-order valence-electron chi connectivity index (χ1n) is 8.25. The SMILES string of the molecule is COc1ccc(CCN=C(N)NCCOc2cccc(Br)c2)cc1OC.I. The van der Waals surface area contributed by atoms with Crippen LogP contribution in [0.25, 0.3) is 0 Å². The third-order valence-electron chi connectivity index (χ3n) is 3.60. The van der Waals surface area contributed by atoms with Crippen LogP contribution in [0.3, 0.4) is 0 Å². The number of nitrogens with two attached hydrogens (primary N) is 1. The van der Waals surface area contributed by atoms with Crippen LogP contribution in [0.4, 0.5) is 0 Å². The highest BCUT2D eigenvalue weighted by Gasteiger charge is 2.04. The van der Waals surface area contributed by atoms with Crippen molar-refractivity contribution in [2.45, 2.75) is 6.42 Å². The van der Waals surface area contributed by atoms with Crippen LogP contribution in [-0.4, -0.2) is 39.9 Å². The van der Waals surface area contributed by atoms with Gasteiger partial charge in [0, 0.05) is 11.0 Å². The number of guanidine groups is 1. The van der Waals surface area contributed by atoms with Gasteiger partial charge >= 0.3 is 0 Å². The summed E-state index contributed by atoms with van der Waals surface area (Å²) in [6.45, 7) is 1.67. The molecule has 0 aliphatic rings. The molecule has 3 N–H and O–H groups in total. The Labute approximate surface area is 185 Å². The third kappa shape index (κ3) is 8.25. The molecule has 2 aromatic carbocycles. The topological polar surface area (TPSA) is 78.1 Å². The van der Waals surface area contributed by atoms with E-state index < -0.39 is 0 Å². The molecule has 148 valence electrons. The van der Waals surface area contributed by atoms with Gasteiger partial charge in [0.15, 0.2) is 17.5 Å². The minimum absolute atomic E-state index is 0. The molecule has 2 aromatic rings. The third-order valence-corrected chi connectivity index (χ3v) is 4.10. The summed E-state index contributed by atoms with van der Waals surface area (Å²) < 4.78 is 17.1. The summed E-state index contributed by atoms with van der Waals surface area (Å²) in [6, 6.07) is 13.5. The molecule has 6 nitrogen and oxygen atoms in total. The Kier molecular flexibility index (Phi) is 11.0. The molecule has 0 saturated heterocycles. The van der Waals surface area contributed by atoms with Crippen LogP contribution in [0.15, 0.2) is 51.9 Å². The summed E-state index contributed by atoms with van der Waals surface area (Å²) in [6.07, 6.45) is 0.761. The zero-order valence-corrected chi connectivity index (χ0v) is 19.3. The van der Waals surface area contributed by atoms with Crippen LogP contribution in [0, 0.1) is 0 Å². The van der Waals surface area contributed by atoms with E-state index in [0.29, 0.717) is 37.2 Å². The Hall–Kier alpha value is -1.68. The molecule has 0 radical (unpaired) electrons. The van der Waals surface area contributed by atoms with Crippen molar-refractivity contribution in [1.29, 1.82) is 0 Å². The Morgan fingerprint density at radius 3 is 2.59 bits per heavy atom. The van der Waals surface area contributed by atoms with Gasteiger partial charge in [-0.3, -0.25) is 4.99 Å². The lowest BCUT2D eigenvalue weighted by Gasteiger charge is -2.10. The predicted octanol–water partition coefficient (Wildman–Crippen LogP) is 3.61. The quantitative estimate of drug-likeness (QED) is 0.216. The number of nitrogens with one attached hydrogen (secondary N) is 1. The molecule has 0 aromatic heterocycles. The van der Waals surface area contributed by atoms with Crippen molar-refractivity contribution in [1.82, 2.24) is 5.32 Å². The largest absolute Gasteiger partial charge is 0.493 e. The molecule has 0 bridgehead atoms. The van der Waals surface area contributed by atoms with Crippen molar-refractivity contribution in [3.8, 4) is 17.2 Å². The molecule has 0 aliphatic heterocycles. The van der Waals surface area contributed by atoms with Crippen molar-refractivity contribution in [2.75, 3.05) is 33.9 Å². The second-order valence-electron chi connectivity index (χ2n) is 5.44. The van der Waals surface area contributed by atoms with Crippen molar-refractivity contribution >= 4 is 45.9 Å². The monoisotopic (exact) mass is 549 g/mol. The fourth-order valence-corrected chi connectivity index (χ4v) is 2.68. The lowest BCUT2D eigenvalue weighted by molar-refractivity contribution is 0.322. The second-order valence-corrected chi connectivity index (χ2v) is 6.35. The molecule has 0 amide bonds. The van der Waals surface area contributed by atoms with E-state index in [-0.39, 0.29) is 24.0 Å². The highest BCUT2D eigenvalue weighted by atomic mass is 127. The van der Waals surface area contributed by atoms with E-state index in [0.717, 1.165) is 22.2 Å². The summed E-state index contributed by atoms with van der Waals surface area (Å²) >= 11 is 3.41. The maximum Gasteiger partial charge on any atom is 0.188 e. The zero-order valence-electron chi connectivity index (χ0n) is 15.4. The van der Waals surface area contributed by atoms with Gasteiger partial charge < -0.3 is 25.3 Å². The van der Waals surface area contributed by atoms with Gasteiger partial charge in [0.25, 0.3) is 0 Å². The predicted molar refractivity (Wildman–Crippen MR) is 123 cm³/mol. The van der Waals surface area contributed by atoms with Gasteiger partial charge in [0.05, 0.1) is 20.8 Å². The molecule has 8 heteroatoms. The molecule has 2 rings (SSSR count). The minimum atomic E-state index is 0. The van der Waals surface area contributed by atoms with Crippen molar-refractivity contribution < 1.29 is 14.2 Å². The maximum atomic E-state index is 5.87. The van der Waals surface area contributed by atoms with Gasteiger partial charge in [0.2, 0.25) is 0 Å². The number of halogens is 2. The van der Waals surface area contributed by atoms with Crippen LogP contribution in [-0.2, 0) is 6.42 Å². The normalized spacial score (nSPS) is 10.7. The molecular weight excluding hydrogens is 525 g/mol. The number of methoxy groups -OCH3 is 2. The number of rotatable bonds is 9. The first kappa shape index (κ1) is 23.4. The van der Waals surface area contributed by atoms with Crippen molar-refractivity contribution in [3.63, 3.8) is 0 Å². The van der Waals surface area contributed by atoms with Crippen molar-refractivity contribution in [3.05, 3.63) is 52.5 Å². The van der Waals surface area contributed by atoms with Crippen molar-refractivity contribution in [2.24, 2.45) is 10.7 Å². The number of aliphatic imine (C=N–C) groups is 1. The fraction of sp³-hybridized carbons (Fsp3) is 0.316. The highest BCUT2D eigenvalue weighted by Crippen LogP contribution is 2.27. The van der Waals surface area contributed by atoms with Gasteiger partial charge in [-0.2, -0.15) is 0 Å². The average molecular weight is 550 g/mol. The summed E-state index contributed by atoms with van der Waals surface area (Å²) in [5.41, 5.74) is 6.98. The second kappa shape index (κ2) is 12.7. The van der Waals surface area contributed by atoms with E-state index in [1.54, 1.807) is 14.2 Å². The van der Waals surface area contributed by atoms with E-state index in [4.69, 9.17) is 19.9 Å². The van der Waals surface area contributed by atoms with E-state index in [1.165, 1.54) is 0 Å². The first-order chi connectivity index (χ1) is 12.6. The van der Waals surface area contributed by atoms with Crippen LogP contribution in [0.5, 0.6) is 17.2 Å². The number of ether oxygens (including phenoxy) is 3. The van der Waals surface area contributed by atoms with E-state index in [9.17, 15) is 0 Å². The highest BCUT2D eigenvalue weighted by molar-refractivity contribution is 14.0. The lowest BCUT2D eigenvalue weighted by atomic mass is 10.1. The molecule has 0 unspecified atom stereocenters. The maximum absolute atomic E-state index is 5.87. The number of nitrogens with zero attached hydrogens (tertiary/aromatic N) is 1.